The first-order valence-corrected chi connectivity index (χ1v) is 17.4. The van der Waals surface area contributed by atoms with E-state index < -0.39 is 0 Å². The van der Waals surface area contributed by atoms with Gasteiger partial charge >= 0.3 is 0 Å². The van der Waals surface area contributed by atoms with Gasteiger partial charge in [0.2, 0.25) is 0 Å². The van der Waals surface area contributed by atoms with Crippen LogP contribution in [-0.2, 0) is 5.41 Å². The van der Waals surface area contributed by atoms with Crippen molar-refractivity contribution < 1.29 is 0 Å². The zero-order valence-corrected chi connectivity index (χ0v) is 28.6. The standard InChI is InChI=1S/C49H37N/c1-49(2)45-28-32(31-50-3)22-25-37(45)38-26-24-36(30-46(38)49)47-39-18-10-12-20-41(39)48(42-21-13-11-19-40(42)47)43-27-23-35(33-14-6-4-7-15-33)29-44(43)34-16-8-5-9-17-34/h4-31H,1-3H3. The maximum Gasteiger partial charge on any atom is 0.0281 e. The number of hydrogen-bond donors (Lipinski definition) is 0. The van der Waals surface area contributed by atoms with Crippen molar-refractivity contribution in [3.05, 3.63) is 180 Å². The molecule has 1 heteroatoms. The van der Waals surface area contributed by atoms with Crippen LogP contribution in [0.5, 0.6) is 0 Å². The van der Waals surface area contributed by atoms with Crippen molar-refractivity contribution >= 4 is 27.8 Å². The Bertz CT molecular complexity index is 2550. The molecule has 50 heavy (non-hydrogen) atoms. The third-order valence-corrected chi connectivity index (χ3v) is 10.7. The van der Waals surface area contributed by atoms with Gasteiger partial charge in [0.15, 0.2) is 0 Å². The summed E-state index contributed by atoms with van der Waals surface area (Å²) in [5, 5.41) is 5.05. The van der Waals surface area contributed by atoms with E-state index in [1.54, 1.807) is 0 Å². The van der Waals surface area contributed by atoms with Crippen LogP contribution in [0.2, 0.25) is 0 Å². The molecule has 0 fully saturated rings. The molecule has 0 spiro atoms. The first-order chi connectivity index (χ1) is 24.5. The quantitative estimate of drug-likeness (QED) is 0.131. The molecule has 238 valence electrons. The zero-order chi connectivity index (χ0) is 33.8. The SMILES string of the molecule is CN=Cc1ccc2c(c1)C(C)(C)c1cc(-c3c4ccccc4c(-c4ccc(-c5ccccc5)cc4-c4ccccc4)c4ccccc34)ccc1-2. The topological polar surface area (TPSA) is 12.4 Å². The van der Waals surface area contributed by atoms with E-state index in [-0.39, 0.29) is 5.41 Å². The van der Waals surface area contributed by atoms with Crippen LogP contribution in [0.25, 0.3) is 77.2 Å². The van der Waals surface area contributed by atoms with Crippen molar-refractivity contribution in [1.29, 1.82) is 0 Å². The largest absolute Gasteiger partial charge is 0.296 e. The monoisotopic (exact) mass is 639 g/mol. The number of rotatable bonds is 5. The summed E-state index contributed by atoms with van der Waals surface area (Å²) in [6.45, 7) is 4.72. The lowest BCUT2D eigenvalue weighted by molar-refractivity contribution is 0.660. The normalized spacial score (nSPS) is 13.2. The minimum absolute atomic E-state index is 0.130. The van der Waals surface area contributed by atoms with E-state index in [1.807, 2.05) is 13.3 Å². The van der Waals surface area contributed by atoms with E-state index in [1.165, 1.54) is 88.3 Å². The van der Waals surface area contributed by atoms with Gasteiger partial charge in [-0.3, -0.25) is 4.99 Å². The summed E-state index contributed by atoms with van der Waals surface area (Å²) in [5.41, 5.74) is 16.3. The van der Waals surface area contributed by atoms with Crippen molar-refractivity contribution in [3.63, 3.8) is 0 Å². The van der Waals surface area contributed by atoms with E-state index >= 15 is 0 Å². The molecule has 0 aromatic heterocycles. The predicted molar refractivity (Wildman–Crippen MR) is 214 cm³/mol. The summed E-state index contributed by atoms with van der Waals surface area (Å²) in [4.78, 5) is 4.28. The Hall–Kier alpha value is -6.05. The molecule has 0 aliphatic heterocycles. The highest BCUT2D eigenvalue weighted by molar-refractivity contribution is 6.22. The minimum atomic E-state index is -0.130. The summed E-state index contributed by atoms with van der Waals surface area (Å²) in [6.07, 6.45) is 1.95. The van der Waals surface area contributed by atoms with Crippen LogP contribution in [0.1, 0.15) is 30.5 Å². The lowest BCUT2D eigenvalue weighted by Gasteiger charge is -2.23. The Kier molecular flexibility index (Phi) is 7.10. The highest BCUT2D eigenvalue weighted by Crippen LogP contribution is 2.52. The molecule has 1 aliphatic rings. The molecule has 0 heterocycles. The number of aliphatic imine (C=N–C) groups is 1. The number of benzene rings is 8. The second-order valence-electron chi connectivity index (χ2n) is 13.9. The summed E-state index contributed by atoms with van der Waals surface area (Å²) >= 11 is 0. The molecule has 0 amide bonds. The van der Waals surface area contributed by atoms with Crippen molar-refractivity contribution in [2.75, 3.05) is 7.05 Å². The fraction of sp³-hybridized carbons (Fsp3) is 0.0816. The second kappa shape index (κ2) is 11.8. The van der Waals surface area contributed by atoms with Crippen molar-refractivity contribution in [2.45, 2.75) is 19.3 Å². The van der Waals surface area contributed by atoms with E-state index in [9.17, 15) is 0 Å². The van der Waals surface area contributed by atoms with Gasteiger partial charge in [-0.2, -0.15) is 0 Å². The van der Waals surface area contributed by atoms with E-state index in [0.717, 1.165) is 5.56 Å². The molecule has 0 bridgehead atoms. The predicted octanol–water partition coefficient (Wildman–Crippen LogP) is 13.0. The van der Waals surface area contributed by atoms with E-state index in [2.05, 4.69) is 183 Å². The van der Waals surface area contributed by atoms with Crippen molar-refractivity contribution in [2.24, 2.45) is 4.99 Å². The van der Waals surface area contributed by atoms with Gasteiger partial charge in [0, 0.05) is 18.7 Å². The van der Waals surface area contributed by atoms with Crippen LogP contribution >= 0.6 is 0 Å². The van der Waals surface area contributed by atoms with Crippen LogP contribution in [0.15, 0.2) is 169 Å². The molecule has 8 aromatic carbocycles. The van der Waals surface area contributed by atoms with Gasteiger partial charge in [0.25, 0.3) is 0 Å². The lowest BCUT2D eigenvalue weighted by atomic mass is 9.80. The second-order valence-corrected chi connectivity index (χ2v) is 13.9. The molecule has 0 saturated heterocycles. The maximum absolute atomic E-state index is 4.28. The summed E-state index contributed by atoms with van der Waals surface area (Å²) < 4.78 is 0. The Morgan fingerprint density at radius 2 is 0.900 bits per heavy atom. The average molecular weight is 640 g/mol. The van der Waals surface area contributed by atoms with Gasteiger partial charge in [0.1, 0.15) is 0 Å². The minimum Gasteiger partial charge on any atom is -0.296 e. The van der Waals surface area contributed by atoms with Crippen LogP contribution in [0.3, 0.4) is 0 Å². The molecule has 1 nitrogen and oxygen atoms in total. The molecular formula is C49H37N. The first kappa shape index (κ1) is 30.0. The van der Waals surface area contributed by atoms with Gasteiger partial charge in [-0.15, -0.1) is 0 Å². The highest BCUT2D eigenvalue weighted by atomic mass is 14.6. The first-order valence-electron chi connectivity index (χ1n) is 17.4. The smallest absolute Gasteiger partial charge is 0.0281 e. The Labute approximate surface area is 294 Å². The van der Waals surface area contributed by atoms with Gasteiger partial charge in [-0.25, -0.2) is 0 Å². The summed E-state index contributed by atoms with van der Waals surface area (Å²) in [5.74, 6) is 0. The van der Waals surface area contributed by atoms with Crippen molar-refractivity contribution in [3.8, 4) is 55.6 Å². The average Bonchev–Trinajstić information content (AvgIpc) is 3.39. The molecule has 0 saturated carbocycles. The third kappa shape index (κ3) is 4.73. The molecule has 1 aliphatic carbocycles. The molecule has 0 radical (unpaired) electrons. The van der Waals surface area contributed by atoms with Gasteiger partial charge in [-0.05, 0) is 112 Å². The van der Waals surface area contributed by atoms with Crippen LogP contribution in [-0.4, -0.2) is 13.3 Å². The highest BCUT2D eigenvalue weighted by Gasteiger charge is 2.36. The fourth-order valence-corrected chi connectivity index (χ4v) is 8.30. The molecular weight excluding hydrogens is 603 g/mol. The molecule has 8 aromatic rings. The van der Waals surface area contributed by atoms with Crippen LogP contribution in [0, 0.1) is 0 Å². The summed E-state index contributed by atoms with van der Waals surface area (Å²) in [6, 6.07) is 60.4. The molecule has 0 unspecified atom stereocenters. The molecule has 9 rings (SSSR count). The van der Waals surface area contributed by atoms with Crippen molar-refractivity contribution in [1.82, 2.24) is 0 Å². The molecule has 0 N–H and O–H groups in total. The molecule has 0 atom stereocenters. The van der Waals surface area contributed by atoms with E-state index in [0.29, 0.717) is 0 Å². The number of hydrogen-bond acceptors (Lipinski definition) is 1. The fourth-order valence-electron chi connectivity index (χ4n) is 8.30. The Morgan fingerprint density at radius 3 is 1.52 bits per heavy atom. The lowest BCUT2D eigenvalue weighted by Crippen LogP contribution is -2.15. The van der Waals surface area contributed by atoms with Gasteiger partial charge in [0.05, 0.1) is 0 Å². The number of fused-ring (bicyclic) bond motifs is 5. The van der Waals surface area contributed by atoms with Crippen LogP contribution in [0.4, 0.5) is 0 Å². The Morgan fingerprint density at radius 1 is 0.400 bits per heavy atom. The Balaban J connectivity index is 1.30. The van der Waals surface area contributed by atoms with Gasteiger partial charge in [-0.1, -0.05) is 159 Å². The van der Waals surface area contributed by atoms with Gasteiger partial charge < -0.3 is 0 Å². The number of nitrogens with zero attached hydrogens (tertiary/aromatic N) is 1. The maximum atomic E-state index is 4.28. The third-order valence-electron chi connectivity index (χ3n) is 10.7. The summed E-state index contributed by atoms with van der Waals surface area (Å²) in [7, 11) is 1.83. The van der Waals surface area contributed by atoms with E-state index in [4.69, 9.17) is 0 Å². The van der Waals surface area contributed by atoms with Crippen LogP contribution < -0.4 is 0 Å². The zero-order valence-electron chi connectivity index (χ0n) is 28.6.